The second-order valence-corrected chi connectivity index (χ2v) is 10.4. The molecule has 1 aliphatic heterocycles. The van der Waals surface area contributed by atoms with Crippen molar-refractivity contribution >= 4 is 11.5 Å². The van der Waals surface area contributed by atoms with E-state index in [1.54, 1.807) is 7.11 Å². The second-order valence-electron chi connectivity index (χ2n) is 10.4. The van der Waals surface area contributed by atoms with Crippen molar-refractivity contribution in [3.8, 4) is 17.0 Å². The fourth-order valence-electron chi connectivity index (χ4n) is 5.40. The Morgan fingerprint density at radius 3 is 2.64 bits per heavy atom. The lowest BCUT2D eigenvalue weighted by molar-refractivity contribution is 0.110. The quantitative estimate of drug-likeness (QED) is 0.489. The summed E-state index contributed by atoms with van der Waals surface area (Å²) in [5, 5.41) is 18.3. The molecule has 0 aromatic carbocycles. The number of aromatic nitrogens is 4. The Labute approximate surface area is 212 Å². The van der Waals surface area contributed by atoms with Gasteiger partial charge in [0.1, 0.15) is 6.10 Å². The Kier molecular flexibility index (Phi) is 7.69. The molecule has 2 aliphatic rings. The number of nitrogens with one attached hydrogen (secondary N) is 1. The van der Waals surface area contributed by atoms with E-state index in [1.807, 2.05) is 36.0 Å². The van der Waals surface area contributed by atoms with Gasteiger partial charge in [0.05, 0.1) is 24.4 Å². The summed E-state index contributed by atoms with van der Waals surface area (Å²) < 4.78 is 13.6. The number of rotatable bonds is 8. The maximum atomic E-state index is 10.1. The minimum Gasteiger partial charge on any atom is -0.474 e. The molecule has 1 atom stereocenters. The number of hydrogen-bond acceptors (Lipinski definition) is 8. The largest absolute Gasteiger partial charge is 0.474 e. The first-order valence-electron chi connectivity index (χ1n) is 13.1. The Hall–Kier alpha value is -2.75. The van der Waals surface area contributed by atoms with Gasteiger partial charge in [0.15, 0.2) is 0 Å². The maximum Gasteiger partial charge on any atom is 0.241 e. The third-order valence-electron chi connectivity index (χ3n) is 7.45. The molecular weight excluding hydrogens is 456 g/mol. The van der Waals surface area contributed by atoms with Crippen molar-refractivity contribution in [3.63, 3.8) is 0 Å². The van der Waals surface area contributed by atoms with E-state index in [0.717, 1.165) is 74.0 Å². The summed E-state index contributed by atoms with van der Waals surface area (Å²) in [4.78, 5) is 11.5. The number of fused-ring (bicyclic) bond motifs is 1. The number of methoxy groups -OCH3 is 1. The van der Waals surface area contributed by atoms with Gasteiger partial charge < -0.3 is 24.8 Å². The van der Waals surface area contributed by atoms with Gasteiger partial charge in [0.25, 0.3) is 0 Å². The van der Waals surface area contributed by atoms with E-state index < -0.39 is 0 Å². The summed E-state index contributed by atoms with van der Waals surface area (Å²) in [6.45, 7) is 4.71. The van der Waals surface area contributed by atoms with Gasteiger partial charge in [-0.1, -0.05) is 0 Å². The van der Waals surface area contributed by atoms with Crippen LogP contribution in [0, 0.1) is 0 Å². The highest BCUT2D eigenvalue weighted by molar-refractivity contribution is 5.81. The average Bonchev–Trinajstić information content (AvgIpc) is 3.25. The number of hydrogen-bond donors (Lipinski definition) is 2. The maximum absolute atomic E-state index is 10.1. The molecular formula is C27H38N6O3. The van der Waals surface area contributed by atoms with Crippen LogP contribution >= 0.6 is 0 Å². The summed E-state index contributed by atoms with van der Waals surface area (Å²) in [6, 6.07) is 6.39. The SMILES string of the molecule is COC[C@H](C)Nc1ncc2c(-c3ccnc(OC4CCN(C)CC4)c3)cc([C@H]3CC[C@H](O)CC3)n2n1. The molecule has 0 spiro atoms. The molecule has 0 bridgehead atoms. The van der Waals surface area contributed by atoms with Gasteiger partial charge in [-0.3, -0.25) is 0 Å². The molecule has 5 rings (SSSR count). The standard InChI is InChI=1S/C27H38N6O3/c1-18(17-35-3)30-27-29-16-25-23(15-24(33(25)31-27)19-4-6-21(34)7-5-19)20-8-11-28-26(14-20)36-22-9-12-32(2)13-10-22/h8,11,14-16,18-19,21-22,34H,4-7,9-10,12-13,17H2,1-3H3,(H,30,31)/t18-,19-,21-/m0/s1. The average molecular weight is 495 g/mol. The van der Waals surface area contributed by atoms with Crippen LogP contribution in [0.4, 0.5) is 5.95 Å². The number of aliphatic hydroxyl groups excluding tert-OH is 1. The molecule has 194 valence electrons. The van der Waals surface area contributed by atoms with E-state index in [0.29, 0.717) is 24.4 Å². The Bertz CT molecular complexity index is 1150. The lowest BCUT2D eigenvalue weighted by Gasteiger charge is -2.28. The number of likely N-dealkylation sites (tertiary alicyclic amines) is 1. The van der Waals surface area contributed by atoms with Crippen LogP contribution in [0.15, 0.2) is 30.6 Å². The number of nitrogens with zero attached hydrogens (tertiary/aromatic N) is 5. The van der Waals surface area contributed by atoms with Crippen molar-refractivity contribution in [1.82, 2.24) is 24.5 Å². The van der Waals surface area contributed by atoms with Gasteiger partial charge in [-0.15, -0.1) is 5.10 Å². The molecule has 3 aromatic heterocycles. The predicted octanol–water partition coefficient (Wildman–Crippen LogP) is 3.73. The number of pyridine rings is 1. The molecule has 1 aliphatic carbocycles. The smallest absolute Gasteiger partial charge is 0.241 e. The van der Waals surface area contributed by atoms with Gasteiger partial charge in [0.2, 0.25) is 11.8 Å². The zero-order chi connectivity index (χ0) is 25.1. The lowest BCUT2D eigenvalue weighted by atomic mass is 9.85. The molecule has 1 saturated carbocycles. The Morgan fingerprint density at radius 1 is 1.11 bits per heavy atom. The molecule has 2 N–H and O–H groups in total. The molecule has 36 heavy (non-hydrogen) atoms. The van der Waals surface area contributed by atoms with Crippen LogP contribution < -0.4 is 10.1 Å². The monoisotopic (exact) mass is 494 g/mol. The fraction of sp³-hybridized carbons (Fsp3) is 0.593. The number of ether oxygens (including phenoxy) is 2. The zero-order valence-corrected chi connectivity index (χ0v) is 21.6. The van der Waals surface area contributed by atoms with Crippen LogP contribution in [-0.4, -0.2) is 81.7 Å². The molecule has 1 saturated heterocycles. The van der Waals surface area contributed by atoms with Crippen molar-refractivity contribution in [2.45, 2.75) is 69.6 Å². The summed E-state index contributed by atoms with van der Waals surface area (Å²) in [6.07, 6.45) is 9.27. The van der Waals surface area contributed by atoms with Crippen molar-refractivity contribution in [2.24, 2.45) is 0 Å². The highest BCUT2D eigenvalue weighted by Gasteiger charge is 2.26. The minimum absolute atomic E-state index is 0.0928. The first-order valence-corrected chi connectivity index (χ1v) is 13.1. The van der Waals surface area contributed by atoms with Gasteiger partial charge in [-0.25, -0.2) is 14.5 Å². The molecule has 0 radical (unpaired) electrons. The number of anilines is 1. The third kappa shape index (κ3) is 5.63. The molecule has 0 amide bonds. The van der Waals surface area contributed by atoms with Crippen LogP contribution in [0.5, 0.6) is 5.88 Å². The van der Waals surface area contributed by atoms with Gasteiger partial charge >= 0.3 is 0 Å². The molecule has 2 fully saturated rings. The van der Waals surface area contributed by atoms with E-state index in [4.69, 9.17) is 14.6 Å². The first kappa shape index (κ1) is 24.9. The van der Waals surface area contributed by atoms with E-state index in [2.05, 4.69) is 33.3 Å². The van der Waals surface area contributed by atoms with Gasteiger partial charge in [-0.2, -0.15) is 0 Å². The summed E-state index contributed by atoms with van der Waals surface area (Å²) in [5.74, 6) is 1.58. The predicted molar refractivity (Wildman–Crippen MR) is 140 cm³/mol. The molecule has 9 heteroatoms. The summed E-state index contributed by atoms with van der Waals surface area (Å²) in [5.41, 5.74) is 4.23. The van der Waals surface area contributed by atoms with Crippen LogP contribution in [0.1, 0.15) is 57.1 Å². The van der Waals surface area contributed by atoms with Crippen molar-refractivity contribution in [2.75, 3.05) is 39.2 Å². The minimum atomic E-state index is -0.201. The topological polar surface area (TPSA) is 97.0 Å². The van der Waals surface area contributed by atoms with E-state index in [-0.39, 0.29) is 18.2 Å². The molecule has 9 nitrogen and oxygen atoms in total. The summed E-state index contributed by atoms with van der Waals surface area (Å²) >= 11 is 0. The van der Waals surface area contributed by atoms with Crippen LogP contribution in [-0.2, 0) is 4.74 Å². The van der Waals surface area contributed by atoms with Crippen molar-refractivity contribution in [1.29, 1.82) is 0 Å². The van der Waals surface area contributed by atoms with Crippen LogP contribution in [0.3, 0.4) is 0 Å². The molecule has 3 aromatic rings. The summed E-state index contributed by atoms with van der Waals surface area (Å²) in [7, 11) is 3.84. The highest BCUT2D eigenvalue weighted by Crippen LogP contribution is 2.38. The third-order valence-corrected chi connectivity index (χ3v) is 7.45. The Morgan fingerprint density at radius 2 is 1.89 bits per heavy atom. The van der Waals surface area contributed by atoms with Crippen LogP contribution in [0.2, 0.25) is 0 Å². The fourth-order valence-corrected chi connectivity index (χ4v) is 5.40. The van der Waals surface area contributed by atoms with Crippen molar-refractivity contribution in [3.05, 3.63) is 36.3 Å². The zero-order valence-electron chi connectivity index (χ0n) is 21.6. The van der Waals surface area contributed by atoms with Gasteiger partial charge in [0, 0.05) is 55.7 Å². The van der Waals surface area contributed by atoms with Gasteiger partial charge in [-0.05, 0) is 70.2 Å². The first-order chi connectivity index (χ1) is 17.5. The van der Waals surface area contributed by atoms with Crippen LogP contribution in [0.25, 0.3) is 16.6 Å². The second kappa shape index (κ2) is 11.1. The van der Waals surface area contributed by atoms with Crippen molar-refractivity contribution < 1.29 is 14.6 Å². The normalized spacial score (nSPS) is 22.6. The molecule has 0 unspecified atom stereocenters. The lowest BCUT2D eigenvalue weighted by Crippen LogP contribution is -2.35. The number of piperidine rings is 1. The Balaban J connectivity index is 1.47. The van der Waals surface area contributed by atoms with E-state index in [9.17, 15) is 5.11 Å². The highest BCUT2D eigenvalue weighted by atomic mass is 16.5. The van der Waals surface area contributed by atoms with E-state index >= 15 is 0 Å². The van der Waals surface area contributed by atoms with E-state index in [1.165, 1.54) is 0 Å². The molecule has 4 heterocycles. The number of aliphatic hydroxyl groups is 1.